The number of benzene rings is 2. The van der Waals surface area contributed by atoms with E-state index in [0.717, 1.165) is 5.56 Å². The normalized spacial score (nSPS) is 10.3. The Morgan fingerprint density at radius 3 is 2.65 bits per heavy atom. The first-order valence-electron chi connectivity index (χ1n) is 6.85. The molecule has 0 unspecified atom stereocenters. The summed E-state index contributed by atoms with van der Waals surface area (Å²) in [6, 6.07) is 14.5. The molecule has 0 aliphatic rings. The molecule has 0 radical (unpaired) electrons. The molecule has 0 atom stereocenters. The SMILES string of the molecule is O=C(Nc1ccc(OCc2ccccc2Cl)cc1)c1ncn[nH]1. The van der Waals surface area contributed by atoms with Crippen molar-refractivity contribution in [2.45, 2.75) is 6.61 Å². The fourth-order valence-electron chi connectivity index (χ4n) is 1.92. The van der Waals surface area contributed by atoms with Gasteiger partial charge in [-0.2, -0.15) is 5.10 Å². The Hall–Kier alpha value is -2.86. The average molecular weight is 329 g/mol. The number of H-pyrrole nitrogens is 1. The largest absolute Gasteiger partial charge is 0.489 e. The number of carbonyl (C=O) groups excluding carboxylic acids is 1. The number of aromatic nitrogens is 3. The van der Waals surface area contributed by atoms with Gasteiger partial charge in [-0.3, -0.25) is 9.89 Å². The van der Waals surface area contributed by atoms with Crippen molar-refractivity contribution in [1.82, 2.24) is 15.2 Å². The fourth-order valence-corrected chi connectivity index (χ4v) is 2.11. The van der Waals surface area contributed by atoms with E-state index in [1.54, 1.807) is 24.3 Å². The molecule has 0 spiro atoms. The highest BCUT2D eigenvalue weighted by atomic mass is 35.5. The molecular formula is C16H13ClN4O2. The summed E-state index contributed by atoms with van der Waals surface area (Å²) in [4.78, 5) is 15.6. The monoisotopic (exact) mass is 328 g/mol. The van der Waals surface area contributed by atoms with Crippen molar-refractivity contribution in [2.75, 3.05) is 5.32 Å². The van der Waals surface area contributed by atoms with Gasteiger partial charge in [0, 0.05) is 16.3 Å². The molecule has 1 heterocycles. The van der Waals surface area contributed by atoms with Gasteiger partial charge in [0.1, 0.15) is 18.7 Å². The summed E-state index contributed by atoms with van der Waals surface area (Å²) in [5, 5.41) is 9.51. The maximum absolute atomic E-state index is 11.8. The minimum absolute atomic E-state index is 0.157. The molecule has 0 saturated carbocycles. The van der Waals surface area contributed by atoms with Crippen molar-refractivity contribution in [1.29, 1.82) is 0 Å². The second-order valence-corrected chi connectivity index (χ2v) is 5.10. The molecule has 6 nitrogen and oxygen atoms in total. The maximum atomic E-state index is 11.8. The lowest BCUT2D eigenvalue weighted by Crippen LogP contribution is -2.13. The van der Waals surface area contributed by atoms with Crippen molar-refractivity contribution in [3.8, 4) is 5.75 Å². The van der Waals surface area contributed by atoms with Crippen LogP contribution in [0.1, 0.15) is 16.2 Å². The van der Waals surface area contributed by atoms with E-state index in [4.69, 9.17) is 16.3 Å². The number of anilines is 1. The van der Waals surface area contributed by atoms with E-state index in [1.807, 2.05) is 24.3 Å². The summed E-state index contributed by atoms with van der Waals surface area (Å²) in [6.07, 6.45) is 1.28. The van der Waals surface area contributed by atoms with Crippen LogP contribution in [0.15, 0.2) is 54.9 Å². The number of halogens is 1. The highest BCUT2D eigenvalue weighted by molar-refractivity contribution is 6.31. The second kappa shape index (κ2) is 6.93. The minimum atomic E-state index is -0.354. The lowest BCUT2D eigenvalue weighted by atomic mass is 10.2. The molecule has 3 aromatic rings. The first-order chi connectivity index (χ1) is 11.2. The quantitative estimate of drug-likeness (QED) is 0.753. The van der Waals surface area contributed by atoms with Crippen molar-refractivity contribution in [3.05, 3.63) is 71.3 Å². The standard InChI is InChI=1S/C16H13ClN4O2/c17-14-4-2-1-3-11(14)9-23-13-7-5-12(6-8-13)20-16(22)15-18-10-19-21-15/h1-8,10H,9H2,(H,20,22)(H,18,19,21). The van der Waals surface area contributed by atoms with Crippen molar-refractivity contribution in [3.63, 3.8) is 0 Å². The van der Waals surface area contributed by atoms with Crippen molar-refractivity contribution in [2.24, 2.45) is 0 Å². The number of aromatic amines is 1. The maximum Gasteiger partial charge on any atom is 0.292 e. The van der Waals surface area contributed by atoms with Crippen LogP contribution in [0.25, 0.3) is 0 Å². The van der Waals surface area contributed by atoms with E-state index in [9.17, 15) is 4.79 Å². The van der Waals surface area contributed by atoms with E-state index < -0.39 is 0 Å². The third-order valence-electron chi connectivity index (χ3n) is 3.09. The Labute approximate surface area is 137 Å². The first kappa shape index (κ1) is 15.1. The number of hydrogen-bond acceptors (Lipinski definition) is 4. The summed E-state index contributed by atoms with van der Waals surface area (Å²) in [7, 11) is 0. The van der Waals surface area contributed by atoms with E-state index >= 15 is 0 Å². The van der Waals surface area contributed by atoms with Crippen LogP contribution in [0, 0.1) is 0 Å². The molecule has 3 rings (SSSR count). The van der Waals surface area contributed by atoms with E-state index in [-0.39, 0.29) is 11.7 Å². The average Bonchev–Trinajstić information content (AvgIpc) is 3.10. The zero-order valence-corrected chi connectivity index (χ0v) is 12.7. The molecule has 0 bridgehead atoms. The van der Waals surface area contributed by atoms with Crippen molar-refractivity contribution < 1.29 is 9.53 Å². The topological polar surface area (TPSA) is 79.9 Å². The Bertz CT molecular complexity index is 788. The van der Waals surface area contributed by atoms with E-state index in [1.165, 1.54) is 6.33 Å². The Kier molecular flexibility index (Phi) is 4.54. The summed E-state index contributed by atoms with van der Waals surface area (Å²) >= 11 is 6.08. The third kappa shape index (κ3) is 3.87. The Morgan fingerprint density at radius 1 is 1.17 bits per heavy atom. The van der Waals surface area contributed by atoms with Crippen LogP contribution in [-0.4, -0.2) is 21.1 Å². The van der Waals surface area contributed by atoms with Crippen LogP contribution in [-0.2, 0) is 6.61 Å². The predicted molar refractivity (Wildman–Crippen MR) is 86.6 cm³/mol. The second-order valence-electron chi connectivity index (χ2n) is 4.69. The molecule has 116 valence electrons. The molecule has 1 amide bonds. The summed E-state index contributed by atoms with van der Waals surface area (Å²) in [5.74, 6) is 0.485. The first-order valence-corrected chi connectivity index (χ1v) is 7.23. The minimum Gasteiger partial charge on any atom is -0.489 e. The Morgan fingerprint density at radius 2 is 1.96 bits per heavy atom. The summed E-state index contributed by atoms with van der Waals surface area (Å²) in [6.45, 7) is 0.378. The van der Waals surface area contributed by atoms with Gasteiger partial charge < -0.3 is 10.1 Å². The molecule has 0 saturated heterocycles. The predicted octanol–water partition coefficient (Wildman–Crippen LogP) is 3.29. The molecular weight excluding hydrogens is 316 g/mol. The van der Waals surface area contributed by atoms with Gasteiger partial charge in [-0.1, -0.05) is 29.8 Å². The van der Waals surface area contributed by atoms with Gasteiger partial charge in [0.25, 0.3) is 5.91 Å². The van der Waals surface area contributed by atoms with Gasteiger partial charge in [0.15, 0.2) is 0 Å². The zero-order valence-electron chi connectivity index (χ0n) is 12.0. The molecule has 23 heavy (non-hydrogen) atoms. The van der Waals surface area contributed by atoms with Crippen LogP contribution in [0.4, 0.5) is 5.69 Å². The van der Waals surface area contributed by atoms with E-state index in [0.29, 0.717) is 23.1 Å². The lowest BCUT2D eigenvalue weighted by molar-refractivity contribution is 0.101. The number of ether oxygens (including phenoxy) is 1. The van der Waals surface area contributed by atoms with Crippen LogP contribution in [0.3, 0.4) is 0 Å². The van der Waals surface area contributed by atoms with Gasteiger partial charge >= 0.3 is 0 Å². The molecule has 0 aliphatic carbocycles. The number of carbonyl (C=O) groups is 1. The smallest absolute Gasteiger partial charge is 0.292 e. The highest BCUT2D eigenvalue weighted by Crippen LogP contribution is 2.20. The molecule has 2 aromatic carbocycles. The van der Waals surface area contributed by atoms with E-state index in [2.05, 4.69) is 20.5 Å². The number of hydrogen-bond donors (Lipinski definition) is 2. The number of nitrogens with one attached hydrogen (secondary N) is 2. The highest BCUT2D eigenvalue weighted by Gasteiger charge is 2.08. The number of rotatable bonds is 5. The van der Waals surface area contributed by atoms with Gasteiger partial charge in [-0.25, -0.2) is 4.98 Å². The molecule has 2 N–H and O–H groups in total. The van der Waals surface area contributed by atoms with Gasteiger partial charge in [0.05, 0.1) is 0 Å². The molecule has 0 fully saturated rings. The number of amides is 1. The van der Waals surface area contributed by atoms with Crippen molar-refractivity contribution >= 4 is 23.2 Å². The number of nitrogens with zero attached hydrogens (tertiary/aromatic N) is 2. The van der Waals surface area contributed by atoms with Gasteiger partial charge in [0.2, 0.25) is 5.82 Å². The van der Waals surface area contributed by atoms with Crippen LogP contribution >= 0.6 is 11.6 Å². The molecule has 1 aromatic heterocycles. The van der Waals surface area contributed by atoms with Gasteiger partial charge in [-0.05, 0) is 30.3 Å². The van der Waals surface area contributed by atoms with Crippen LogP contribution in [0.5, 0.6) is 5.75 Å². The zero-order chi connectivity index (χ0) is 16.1. The lowest BCUT2D eigenvalue weighted by Gasteiger charge is -2.09. The Balaban J connectivity index is 1.59. The molecule has 7 heteroatoms. The van der Waals surface area contributed by atoms with Gasteiger partial charge in [-0.15, -0.1) is 0 Å². The summed E-state index contributed by atoms with van der Waals surface area (Å²) < 4.78 is 5.68. The van der Waals surface area contributed by atoms with Crippen LogP contribution < -0.4 is 10.1 Å². The fraction of sp³-hybridized carbons (Fsp3) is 0.0625. The summed E-state index contributed by atoms with van der Waals surface area (Å²) in [5.41, 5.74) is 1.55. The van der Waals surface area contributed by atoms with Crippen LogP contribution in [0.2, 0.25) is 5.02 Å². The molecule has 0 aliphatic heterocycles. The third-order valence-corrected chi connectivity index (χ3v) is 3.46.